The van der Waals surface area contributed by atoms with E-state index in [0.29, 0.717) is 5.88 Å². The van der Waals surface area contributed by atoms with Crippen LogP contribution in [0.3, 0.4) is 0 Å². The number of hydrogen-bond donors (Lipinski definition) is 2. The predicted molar refractivity (Wildman–Crippen MR) is 59.0 cm³/mol. The number of hydrogen-bond acceptors (Lipinski definition) is 6. The summed E-state index contributed by atoms with van der Waals surface area (Å²) in [6.07, 6.45) is 1.38. The largest absolute Gasteiger partial charge is 0.367 e. The molecule has 8 heteroatoms. The van der Waals surface area contributed by atoms with Crippen LogP contribution in [0.1, 0.15) is 11.3 Å². The van der Waals surface area contributed by atoms with Crippen LogP contribution in [-0.2, 0) is 11.3 Å². The number of aryl methyl sites for hydroxylation is 1. The second-order valence-corrected chi connectivity index (χ2v) is 3.57. The van der Waals surface area contributed by atoms with Gasteiger partial charge in [-0.3, -0.25) is 10.1 Å². The predicted octanol–water partition coefficient (Wildman–Crippen LogP) is 0.104. The fraction of sp³-hybridized carbons (Fsp3) is 0.333. The number of anilines is 2. The average molecular weight is 236 g/mol. The number of nitrogen functional groups attached to an aromatic ring is 1. The number of nitrogens with zero attached hydrogens (tertiary/aromatic N) is 4. The minimum absolute atomic E-state index is 0.0172. The minimum Gasteiger partial charge on any atom is -0.367 e. The van der Waals surface area contributed by atoms with Gasteiger partial charge in [0, 0.05) is 5.56 Å². The Hall–Kier alpha value is -2.38. The Morgan fingerprint density at radius 3 is 2.88 bits per heavy atom. The summed E-state index contributed by atoms with van der Waals surface area (Å²) in [4.78, 5) is 15.3. The maximum Gasteiger partial charge on any atom is 0.248 e. The smallest absolute Gasteiger partial charge is 0.248 e. The van der Waals surface area contributed by atoms with Crippen LogP contribution in [0.5, 0.6) is 0 Å². The van der Waals surface area contributed by atoms with E-state index in [0.717, 1.165) is 11.3 Å². The van der Waals surface area contributed by atoms with E-state index in [1.807, 2.05) is 6.92 Å². The first kappa shape index (κ1) is 11.1. The first-order chi connectivity index (χ1) is 8.06. The highest BCUT2D eigenvalue weighted by molar-refractivity contribution is 5.89. The Kier molecular flexibility index (Phi) is 2.77. The van der Waals surface area contributed by atoms with Gasteiger partial charge in [0.15, 0.2) is 0 Å². The molecule has 0 radical (unpaired) electrons. The Labute approximate surface area is 96.8 Å². The second-order valence-electron chi connectivity index (χ2n) is 3.57. The lowest BCUT2D eigenvalue weighted by molar-refractivity contribution is -0.117. The number of aromatic nitrogens is 4. The standard InChI is InChI=1S/C9H12N6O2/c1-5-6(2)14-17-8(5)12-7(16)3-15-4-11-9(10)13-15/h4H,3H2,1-2H3,(H2,10,13)(H,12,16). The van der Waals surface area contributed by atoms with Crippen LogP contribution in [0, 0.1) is 13.8 Å². The quantitative estimate of drug-likeness (QED) is 0.781. The minimum atomic E-state index is -0.283. The number of nitrogens with two attached hydrogens (primary N) is 1. The van der Waals surface area contributed by atoms with Gasteiger partial charge in [-0.25, -0.2) is 9.67 Å². The molecule has 0 bridgehead atoms. The summed E-state index contributed by atoms with van der Waals surface area (Å²) < 4.78 is 6.29. The summed E-state index contributed by atoms with van der Waals surface area (Å²) >= 11 is 0. The van der Waals surface area contributed by atoms with Gasteiger partial charge in [0.2, 0.25) is 17.7 Å². The molecule has 0 aliphatic carbocycles. The van der Waals surface area contributed by atoms with Crippen LogP contribution in [0.25, 0.3) is 0 Å². The highest BCUT2D eigenvalue weighted by atomic mass is 16.5. The molecule has 2 rings (SSSR count). The molecule has 0 aromatic carbocycles. The molecule has 1 amide bonds. The molecule has 2 heterocycles. The van der Waals surface area contributed by atoms with Gasteiger partial charge in [0.1, 0.15) is 12.9 Å². The third-order valence-electron chi connectivity index (χ3n) is 2.27. The molecule has 17 heavy (non-hydrogen) atoms. The summed E-state index contributed by atoms with van der Waals surface area (Å²) in [7, 11) is 0. The van der Waals surface area contributed by atoms with E-state index in [9.17, 15) is 4.79 Å². The molecule has 0 spiro atoms. The number of amides is 1. The topological polar surface area (TPSA) is 112 Å². The Morgan fingerprint density at radius 1 is 1.59 bits per heavy atom. The van der Waals surface area contributed by atoms with Crippen molar-refractivity contribution in [2.24, 2.45) is 0 Å². The highest BCUT2D eigenvalue weighted by Crippen LogP contribution is 2.17. The molecular formula is C9H12N6O2. The zero-order valence-electron chi connectivity index (χ0n) is 9.47. The van der Waals surface area contributed by atoms with Crippen LogP contribution in [-0.4, -0.2) is 25.8 Å². The maximum atomic E-state index is 11.6. The molecular weight excluding hydrogens is 224 g/mol. The van der Waals surface area contributed by atoms with Gasteiger partial charge in [-0.1, -0.05) is 5.16 Å². The van der Waals surface area contributed by atoms with Crippen LogP contribution in [0.2, 0.25) is 0 Å². The third kappa shape index (κ3) is 2.41. The lowest BCUT2D eigenvalue weighted by Crippen LogP contribution is -2.19. The molecule has 3 N–H and O–H groups in total. The van der Waals surface area contributed by atoms with E-state index in [-0.39, 0.29) is 18.4 Å². The number of nitrogens with one attached hydrogen (secondary N) is 1. The first-order valence-electron chi connectivity index (χ1n) is 4.94. The van der Waals surface area contributed by atoms with Crippen LogP contribution < -0.4 is 11.1 Å². The van der Waals surface area contributed by atoms with Crippen molar-refractivity contribution in [3.63, 3.8) is 0 Å². The summed E-state index contributed by atoms with van der Waals surface area (Å²) in [5.41, 5.74) is 6.87. The SMILES string of the molecule is Cc1noc(NC(=O)Cn2cnc(N)n2)c1C. The van der Waals surface area contributed by atoms with Crippen molar-refractivity contribution >= 4 is 17.7 Å². The summed E-state index contributed by atoms with van der Waals surface area (Å²) in [5, 5.41) is 10.1. The molecule has 0 saturated heterocycles. The van der Waals surface area contributed by atoms with E-state index in [1.54, 1.807) is 6.92 Å². The molecule has 0 fully saturated rings. The fourth-order valence-electron chi connectivity index (χ4n) is 1.23. The van der Waals surface area contributed by atoms with Gasteiger partial charge < -0.3 is 10.3 Å². The van der Waals surface area contributed by atoms with Gasteiger partial charge in [0.05, 0.1) is 5.69 Å². The van der Waals surface area contributed by atoms with Crippen molar-refractivity contribution < 1.29 is 9.32 Å². The lowest BCUT2D eigenvalue weighted by atomic mass is 10.3. The highest BCUT2D eigenvalue weighted by Gasteiger charge is 2.12. The Bertz CT molecular complexity index is 543. The second kappa shape index (κ2) is 4.24. The molecule has 0 unspecified atom stereocenters. The molecule has 0 saturated carbocycles. The van der Waals surface area contributed by atoms with Gasteiger partial charge in [0.25, 0.3) is 0 Å². The van der Waals surface area contributed by atoms with Gasteiger partial charge in [-0.05, 0) is 13.8 Å². The Morgan fingerprint density at radius 2 is 2.35 bits per heavy atom. The van der Waals surface area contributed by atoms with Crippen molar-refractivity contribution in [3.8, 4) is 0 Å². The normalized spacial score (nSPS) is 10.5. The average Bonchev–Trinajstić information content (AvgIpc) is 2.79. The zero-order valence-corrected chi connectivity index (χ0v) is 9.47. The summed E-state index contributed by atoms with van der Waals surface area (Å²) in [6, 6.07) is 0. The number of carbonyl (C=O) groups excluding carboxylic acids is 1. The van der Waals surface area contributed by atoms with Crippen molar-refractivity contribution in [1.82, 2.24) is 19.9 Å². The maximum absolute atomic E-state index is 11.6. The van der Waals surface area contributed by atoms with Crippen molar-refractivity contribution in [2.45, 2.75) is 20.4 Å². The first-order valence-corrected chi connectivity index (χ1v) is 4.94. The van der Waals surface area contributed by atoms with Gasteiger partial charge in [-0.2, -0.15) is 0 Å². The van der Waals surface area contributed by atoms with Gasteiger partial charge >= 0.3 is 0 Å². The molecule has 90 valence electrons. The van der Waals surface area contributed by atoms with Crippen molar-refractivity contribution in [3.05, 3.63) is 17.6 Å². The fourth-order valence-corrected chi connectivity index (χ4v) is 1.23. The van der Waals surface area contributed by atoms with E-state index in [2.05, 4.69) is 20.6 Å². The molecule has 2 aromatic heterocycles. The molecule has 0 aliphatic heterocycles. The monoisotopic (exact) mass is 236 g/mol. The summed E-state index contributed by atoms with van der Waals surface area (Å²) in [6.45, 7) is 3.63. The van der Waals surface area contributed by atoms with Crippen molar-refractivity contribution in [1.29, 1.82) is 0 Å². The van der Waals surface area contributed by atoms with Crippen molar-refractivity contribution in [2.75, 3.05) is 11.1 Å². The number of rotatable bonds is 3. The molecule has 2 aromatic rings. The summed E-state index contributed by atoms with van der Waals surface area (Å²) in [5.74, 6) is 0.194. The molecule has 0 aliphatic rings. The van der Waals surface area contributed by atoms with E-state index >= 15 is 0 Å². The lowest BCUT2D eigenvalue weighted by Gasteiger charge is -2.01. The van der Waals surface area contributed by atoms with Crippen LogP contribution >= 0.6 is 0 Å². The zero-order chi connectivity index (χ0) is 12.4. The molecule has 8 nitrogen and oxygen atoms in total. The van der Waals surface area contributed by atoms with Gasteiger partial charge in [-0.15, -0.1) is 5.10 Å². The van der Waals surface area contributed by atoms with E-state index < -0.39 is 0 Å². The third-order valence-corrected chi connectivity index (χ3v) is 2.27. The van der Waals surface area contributed by atoms with E-state index in [1.165, 1.54) is 11.0 Å². The van der Waals surface area contributed by atoms with Crippen LogP contribution in [0.15, 0.2) is 10.9 Å². The Balaban J connectivity index is 2.00. The van der Waals surface area contributed by atoms with Crippen LogP contribution in [0.4, 0.5) is 11.8 Å². The van der Waals surface area contributed by atoms with E-state index in [4.69, 9.17) is 10.3 Å². The number of carbonyl (C=O) groups is 1. The molecule has 0 atom stereocenters.